The zero-order chi connectivity index (χ0) is 16.3. The zero-order valence-corrected chi connectivity index (χ0v) is 16.8. The average Bonchev–Trinajstić information content (AvgIpc) is 2.44. The summed E-state index contributed by atoms with van der Waals surface area (Å²) in [6.07, 6.45) is 0.136. The molecule has 1 fully saturated rings. The van der Waals surface area contributed by atoms with Crippen LogP contribution in [0.1, 0.15) is 26.3 Å². The fraction of sp³-hybridized carbons (Fsp3) is 0.562. The average molecular weight is 456 g/mol. The molecule has 23 heavy (non-hydrogen) atoms. The van der Waals surface area contributed by atoms with E-state index in [-0.39, 0.29) is 35.9 Å². The van der Waals surface area contributed by atoms with Gasteiger partial charge >= 0.3 is 0 Å². The summed E-state index contributed by atoms with van der Waals surface area (Å²) in [5.74, 6) is 0.155. The van der Waals surface area contributed by atoms with Crippen LogP contribution in [0.4, 0.5) is 4.39 Å². The van der Waals surface area contributed by atoms with Gasteiger partial charge in [-0.15, -0.1) is 24.0 Å². The van der Waals surface area contributed by atoms with Crippen LogP contribution in [0.5, 0.6) is 0 Å². The van der Waals surface area contributed by atoms with Gasteiger partial charge < -0.3 is 15.4 Å². The highest BCUT2D eigenvalue weighted by molar-refractivity contribution is 14.0. The van der Waals surface area contributed by atoms with Gasteiger partial charge in [-0.05, 0) is 19.1 Å². The van der Waals surface area contributed by atoms with Crippen molar-refractivity contribution in [3.8, 4) is 0 Å². The molecule has 1 aliphatic heterocycles. The third kappa shape index (κ3) is 5.19. The maximum Gasteiger partial charge on any atom is 0.191 e. The molecule has 1 unspecified atom stereocenters. The Morgan fingerprint density at radius 1 is 1.52 bits per heavy atom. The molecule has 1 aliphatic rings. The van der Waals surface area contributed by atoms with Crippen molar-refractivity contribution >= 4 is 41.5 Å². The molecule has 1 aromatic rings. The Morgan fingerprint density at radius 3 is 2.83 bits per heavy atom. The van der Waals surface area contributed by atoms with E-state index < -0.39 is 5.41 Å². The van der Waals surface area contributed by atoms with Crippen molar-refractivity contribution in [1.29, 1.82) is 0 Å². The first-order valence-corrected chi connectivity index (χ1v) is 7.80. The number of ether oxygens (including phenoxy) is 1. The molecule has 4 nitrogen and oxygen atoms in total. The second-order valence-corrected chi connectivity index (χ2v) is 6.69. The Morgan fingerprint density at radius 2 is 2.22 bits per heavy atom. The van der Waals surface area contributed by atoms with Crippen LogP contribution in [0, 0.1) is 5.82 Å². The predicted molar refractivity (Wildman–Crippen MR) is 103 cm³/mol. The molecule has 0 bridgehead atoms. The van der Waals surface area contributed by atoms with Crippen molar-refractivity contribution in [2.75, 3.05) is 26.2 Å². The van der Waals surface area contributed by atoms with E-state index in [1.165, 1.54) is 6.07 Å². The molecule has 7 heteroatoms. The van der Waals surface area contributed by atoms with Crippen molar-refractivity contribution < 1.29 is 9.13 Å². The van der Waals surface area contributed by atoms with Crippen molar-refractivity contribution in [3.05, 3.63) is 34.6 Å². The number of aliphatic imine (C=N–C) groups is 1. The van der Waals surface area contributed by atoms with Crippen LogP contribution in [0.25, 0.3) is 0 Å². The van der Waals surface area contributed by atoms with Crippen molar-refractivity contribution in [2.24, 2.45) is 10.7 Å². The summed E-state index contributed by atoms with van der Waals surface area (Å²) >= 11 is 6.15. The van der Waals surface area contributed by atoms with E-state index in [1.807, 2.05) is 25.7 Å². The first-order chi connectivity index (χ1) is 10.3. The summed E-state index contributed by atoms with van der Waals surface area (Å²) in [6.45, 7) is 8.27. The van der Waals surface area contributed by atoms with Gasteiger partial charge in [0.25, 0.3) is 0 Å². The van der Waals surface area contributed by atoms with Crippen molar-refractivity contribution in [2.45, 2.75) is 32.3 Å². The summed E-state index contributed by atoms with van der Waals surface area (Å²) in [7, 11) is 0. The lowest BCUT2D eigenvalue weighted by Gasteiger charge is -2.32. The largest absolute Gasteiger partial charge is 0.375 e. The van der Waals surface area contributed by atoms with Crippen LogP contribution in [-0.4, -0.2) is 43.2 Å². The molecule has 0 aromatic heterocycles. The Balaban J connectivity index is 0.00000264. The van der Waals surface area contributed by atoms with Gasteiger partial charge in [-0.25, -0.2) is 4.39 Å². The molecule has 1 aromatic carbocycles. The minimum Gasteiger partial charge on any atom is -0.375 e. The molecule has 0 amide bonds. The van der Waals surface area contributed by atoms with E-state index in [4.69, 9.17) is 22.1 Å². The molecule has 130 valence electrons. The van der Waals surface area contributed by atoms with E-state index in [0.717, 1.165) is 13.1 Å². The van der Waals surface area contributed by atoms with Crippen LogP contribution in [0.2, 0.25) is 5.02 Å². The van der Waals surface area contributed by atoms with Crippen LogP contribution in [0.15, 0.2) is 23.2 Å². The van der Waals surface area contributed by atoms with Crippen molar-refractivity contribution in [1.82, 2.24) is 4.90 Å². The summed E-state index contributed by atoms with van der Waals surface area (Å²) < 4.78 is 19.6. The molecule has 2 rings (SSSR count). The van der Waals surface area contributed by atoms with Gasteiger partial charge in [0, 0.05) is 29.1 Å². The molecule has 0 spiro atoms. The monoisotopic (exact) mass is 455 g/mol. The molecule has 0 aliphatic carbocycles. The van der Waals surface area contributed by atoms with Gasteiger partial charge in [-0.3, -0.25) is 4.99 Å². The maximum atomic E-state index is 14.1. The van der Waals surface area contributed by atoms with Gasteiger partial charge in [0.15, 0.2) is 5.96 Å². The lowest BCUT2D eigenvalue weighted by molar-refractivity contribution is 0.00527. The first kappa shape index (κ1) is 20.4. The Hall–Kier alpha value is -0.600. The Kier molecular flexibility index (Phi) is 7.54. The van der Waals surface area contributed by atoms with E-state index in [1.54, 1.807) is 12.1 Å². The van der Waals surface area contributed by atoms with E-state index in [0.29, 0.717) is 29.7 Å². The van der Waals surface area contributed by atoms with Gasteiger partial charge in [-0.1, -0.05) is 31.5 Å². The number of hydrogen-bond acceptors (Lipinski definition) is 2. The van der Waals surface area contributed by atoms with Gasteiger partial charge in [0.2, 0.25) is 0 Å². The molecular weight excluding hydrogens is 432 g/mol. The Labute approximate surface area is 159 Å². The second kappa shape index (κ2) is 8.48. The van der Waals surface area contributed by atoms with E-state index in [2.05, 4.69) is 4.99 Å². The standard InChI is InChI=1S/C16H23ClFN3O.HI/c1-11-9-21(7-8-22-11)15(19)20-10-16(2,3)14-12(17)5-4-6-13(14)18;/h4-6,11H,7-10H2,1-3H3,(H2,19,20);1H. The molecule has 2 N–H and O–H groups in total. The van der Waals surface area contributed by atoms with Crippen LogP contribution >= 0.6 is 35.6 Å². The SMILES string of the molecule is CC1CN(C(N)=NCC(C)(C)c2c(F)cccc2Cl)CCO1.I. The summed E-state index contributed by atoms with van der Waals surface area (Å²) in [5.41, 5.74) is 6.00. The number of nitrogens with zero attached hydrogens (tertiary/aromatic N) is 2. The lowest BCUT2D eigenvalue weighted by Crippen LogP contribution is -2.48. The molecule has 0 radical (unpaired) electrons. The summed E-state index contributed by atoms with van der Waals surface area (Å²) in [6, 6.07) is 4.71. The number of hydrogen-bond donors (Lipinski definition) is 1. The minimum atomic E-state index is -0.537. The molecule has 1 heterocycles. The van der Waals surface area contributed by atoms with Gasteiger partial charge in [0.05, 0.1) is 19.3 Å². The lowest BCUT2D eigenvalue weighted by atomic mass is 9.84. The summed E-state index contributed by atoms with van der Waals surface area (Å²) in [4.78, 5) is 6.45. The molecule has 1 atom stereocenters. The minimum absolute atomic E-state index is 0. The molecule has 1 saturated heterocycles. The maximum absolute atomic E-state index is 14.1. The molecule has 0 saturated carbocycles. The number of halogens is 3. The van der Waals surface area contributed by atoms with Crippen LogP contribution < -0.4 is 5.73 Å². The fourth-order valence-corrected chi connectivity index (χ4v) is 3.05. The number of benzene rings is 1. The highest BCUT2D eigenvalue weighted by Gasteiger charge is 2.27. The van der Waals surface area contributed by atoms with Crippen LogP contribution in [-0.2, 0) is 10.2 Å². The molecular formula is C16H24ClFIN3O. The quantitative estimate of drug-likeness (QED) is 0.432. The zero-order valence-electron chi connectivity index (χ0n) is 13.7. The Bertz CT molecular complexity index is 548. The predicted octanol–water partition coefficient (Wildman–Crippen LogP) is 3.41. The van der Waals surface area contributed by atoms with Gasteiger partial charge in [-0.2, -0.15) is 0 Å². The normalized spacial score (nSPS) is 19.4. The number of guanidine groups is 1. The van der Waals surface area contributed by atoms with Crippen molar-refractivity contribution in [3.63, 3.8) is 0 Å². The highest BCUT2D eigenvalue weighted by atomic mass is 127. The third-order valence-electron chi connectivity index (χ3n) is 3.84. The fourth-order valence-electron chi connectivity index (χ4n) is 2.63. The topological polar surface area (TPSA) is 50.8 Å². The van der Waals surface area contributed by atoms with E-state index in [9.17, 15) is 4.39 Å². The first-order valence-electron chi connectivity index (χ1n) is 7.42. The highest BCUT2D eigenvalue weighted by Crippen LogP contribution is 2.32. The van der Waals surface area contributed by atoms with E-state index >= 15 is 0 Å². The van der Waals surface area contributed by atoms with Crippen LogP contribution in [0.3, 0.4) is 0 Å². The number of rotatable bonds is 3. The number of morpholine rings is 1. The second-order valence-electron chi connectivity index (χ2n) is 6.28. The summed E-state index contributed by atoms with van der Waals surface area (Å²) in [5, 5.41) is 0.416. The smallest absolute Gasteiger partial charge is 0.191 e. The van der Waals surface area contributed by atoms with Gasteiger partial charge in [0.1, 0.15) is 5.82 Å². The third-order valence-corrected chi connectivity index (χ3v) is 4.16. The number of nitrogens with two attached hydrogens (primary N) is 1.